The van der Waals surface area contributed by atoms with E-state index >= 15 is 0 Å². The summed E-state index contributed by atoms with van der Waals surface area (Å²) < 4.78 is 11.3. The summed E-state index contributed by atoms with van der Waals surface area (Å²) in [5.41, 5.74) is 3.23. The molecule has 3 aromatic carbocycles. The Morgan fingerprint density at radius 2 is 1.69 bits per heavy atom. The molecule has 144 valence electrons. The van der Waals surface area contributed by atoms with Crippen molar-refractivity contribution < 1.29 is 14.1 Å². The van der Waals surface area contributed by atoms with Crippen LogP contribution in [-0.4, -0.2) is 11.1 Å². The molecule has 5 nitrogen and oxygen atoms in total. The highest BCUT2D eigenvalue weighted by molar-refractivity contribution is 5.96. The third-order valence-corrected chi connectivity index (χ3v) is 4.43. The fourth-order valence-electron chi connectivity index (χ4n) is 2.87. The van der Waals surface area contributed by atoms with Crippen LogP contribution in [0.3, 0.4) is 0 Å². The topological polar surface area (TPSA) is 64.4 Å². The Labute approximate surface area is 168 Å². The van der Waals surface area contributed by atoms with Crippen molar-refractivity contribution in [3.8, 4) is 22.8 Å². The number of nitrogens with zero attached hydrogens (tertiary/aromatic N) is 1. The first-order chi connectivity index (χ1) is 14.2. The van der Waals surface area contributed by atoms with Gasteiger partial charge in [-0.05, 0) is 31.2 Å². The van der Waals surface area contributed by atoms with Gasteiger partial charge >= 0.3 is 0 Å². The summed E-state index contributed by atoms with van der Waals surface area (Å²) in [6.07, 6.45) is 0. The van der Waals surface area contributed by atoms with Gasteiger partial charge in [-0.15, -0.1) is 0 Å². The third-order valence-electron chi connectivity index (χ3n) is 4.43. The predicted octanol–water partition coefficient (Wildman–Crippen LogP) is 5.37. The first-order valence-corrected chi connectivity index (χ1v) is 9.32. The van der Waals surface area contributed by atoms with E-state index in [-0.39, 0.29) is 12.5 Å². The van der Waals surface area contributed by atoms with Gasteiger partial charge in [-0.1, -0.05) is 65.3 Å². The Morgan fingerprint density at radius 3 is 2.48 bits per heavy atom. The number of ether oxygens (including phenoxy) is 1. The minimum atomic E-state index is -0.239. The van der Waals surface area contributed by atoms with Crippen molar-refractivity contribution in [2.24, 2.45) is 0 Å². The molecule has 1 amide bonds. The van der Waals surface area contributed by atoms with Gasteiger partial charge in [0.05, 0.1) is 12.1 Å². The highest BCUT2D eigenvalue weighted by atomic mass is 16.5. The smallest absolute Gasteiger partial charge is 0.255 e. The van der Waals surface area contributed by atoms with E-state index < -0.39 is 0 Å². The average Bonchev–Trinajstić information content (AvgIpc) is 3.23. The number of aromatic nitrogens is 1. The Morgan fingerprint density at radius 1 is 0.966 bits per heavy atom. The zero-order chi connectivity index (χ0) is 20.1. The van der Waals surface area contributed by atoms with Crippen LogP contribution in [0.1, 0.15) is 21.6 Å². The van der Waals surface area contributed by atoms with Crippen LogP contribution < -0.4 is 10.1 Å². The van der Waals surface area contributed by atoms with E-state index in [1.807, 2.05) is 73.7 Å². The van der Waals surface area contributed by atoms with Gasteiger partial charge in [0.2, 0.25) is 0 Å². The van der Waals surface area contributed by atoms with Crippen LogP contribution >= 0.6 is 0 Å². The number of carbonyl (C=O) groups is 1. The molecule has 5 heteroatoms. The number of aryl methyl sites for hydroxylation is 1. The summed E-state index contributed by atoms with van der Waals surface area (Å²) in [5.74, 6) is 1.60. The molecule has 0 saturated carbocycles. The zero-order valence-electron chi connectivity index (χ0n) is 16.0. The molecule has 0 fully saturated rings. The third kappa shape index (κ3) is 4.52. The summed E-state index contributed by atoms with van der Waals surface area (Å²) in [7, 11) is 0. The van der Waals surface area contributed by atoms with Gasteiger partial charge in [0.1, 0.15) is 17.2 Å². The van der Waals surface area contributed by atoms with Gasteiger partial charge in [-0.2, -0.15) is 0 Å². The van der Waals surface area contributed by atoms with Crippen molar-refractivity contribution >= 4 is 5.91 Å². The number of para-hydroxylation sites is 2. The van der Waals surface area contributed by atoms with Crippen molar-refractivity contribution in [3.05, 3.63) is 102 Å². The van der Waals surface area contributed by atoms with Gasteiger partial charge in [-0.3, -0.25) is 4.79 Å². The first-order valence-electron chi connectivity index (χ1n) is 9.32. The fraction of sp³-hybridized carbons (Fsp3) is 0.0833. The molecular formula is C24H20N2O3. The summed E-state index contributed by atoms with van der Waals surface area (Å²) in [6.45, 7) is 2.29. The van der Waals surface area contributed by atoms with Crippen LogP contribution in [0.25, 0.3) is 11.3 Å². The molecule has 0 saturated heterocycles. The number of nitrogens with one attached hydrogen (secondary N) is 1. The summed E-state index contributed by atoms with van der Waals surface area (Å²) in [4.78, 5) is 12.7. The Kier molecular flexibility index (Phi) is 5.38. The number of amides is 1. The Bertz CT molecular complexity index is 1100. The normalized spacial score (nSPS) is 10.5. The molecule has 29 heavy (non-hydrogen) atoms. The highest BCUT2D eigenvalue weighted by Crippen LogP contribution is 2.25. The van der Waals surface area contributed by atoms with Crippen molar-refractivity contribution in [1.82, 2.24) is 10.5 Å². The minimum Gasteiger partial charge on any atom is -0.457 e. The van der Waals surface area contributed by atoms with Crippen LogP contribution in [0.2, 0.25) is 0 Å². The summed E-state index contributed by atoms with van der Waals surface area (Å²) in [6, 6.07) is 26.3. The Balaban J connectivity index is 1.43. The second-order valence-electron chi connectivity index (χ2n) is 6.64. The molecule has 0 aliphatic carbocycles. The quantitative estimate of drug-likeness (QED) is 0.485. The number of carbonyl (C=O) groups excluding carboxylic acids is 1. The van der Waals surface area contributed by atoms with Crippen molar-refractivity contribution in [2.75, 3.05) is 0 Å². The molecule has 0 aliphatic rings. The van der Waals surface area contributed by atoms with E-state index in [4.69, 9.17) is 9.26 Å². The van der Waals surface area contributed by atoms with E-state index in [2.05, 4.69) is 10.5 Å². The second kappa shape index (κ2) is 8.44. The van der Waals surface area contributed by atoms with Crippen LogP contribution in [-0.2, 0) is 6.54 Å². The molecule has 1 aromatic heterocycles. The number of hydrogen-bond donors (Lipinski definition) is 1. The molecule has 0 spiro atoms. The van der Waals surface area contributed by atoms with Gasteiger partial charge in [0, 0.05) is 11.6 Å². The van der Waals surface area contributed by atoms with E-state index in [1.54, 1.807) is 18.2 Å². The standard InChI is InChI=1S/C24H20N2O3/c1-17-11-13-18(14-12-17)23-15-19(26-29-23)16-25-24(27)21-9-5-6-10-22(21)28-20-7-3-2-4-8-20/h2-15H,16H2,1H3,(H,25,27). The van der Waals surface area contributed by atoms with E-state index in [0.29, 0.717) is 28.5 Å². The van der Waals surface area contributed by atoms with Crippen LogP contribution in [0.4, 0.5) is 0 Å². The predicted molar refractivity (Wildman–Crippen MR) is 111 cm³/mol. The van der Waals surface area contributed by atoms with E-state index in [0.717, 1.165) is 5.56 Å². The van der Waals surface area contributed by atoms with Gasteiger partial charge in [0.25, 0.3) is 5.91 Å². The van der Waals surface area contributed by atoms with Crippen LogP contribution in [0.15, 0.2) is 89.5 Å². The van der Waals surface area contributed by atoms with Crippen molar-refractivity contribution in [1.29, 1.82) is 0 Å². The number of benzene rings is 3. The van der Waals surface area contributed by atoms with E-state index in [9.17, 15) is 4.79 Å². The largest absolute Gasteiger partial charge is 0.457 e. The van der Waals surface area contributed by atoms with Gasteiger partial charge < -0.3 is 14.6 Å². The maximum Gasteiger partial charge on any atom is 0.255 e. The lowest BCUT2D eigenvalue weighted by molar-refractivity contribution is 0.0948. The van der Waals surface area contributed by atoms with Crippen molar-refractivity contribution in [2.45, 2.75) is 13.5 Å². The lowest BCUT2D eigenvalue weighted by Gasteiger charge is -2.10. The molecule has 1 heterocycles. The average molecular weight is 384 g/mol. The number of rotatable bonds is 6. The molecule has 4 rings (SSSR count). The number of hydrogen-bond acceptors (Lipinski definition) is 4. The lowest BCUT2D eigenvalue weighted by Crippen LogP contribution is -2.23. The fourth-order valence-corrected chi connectivity index (χ4v) is 2.87. The second-order valence-corrected chi connectivity index (χ2v) is 6.64. The first kappa shape index (κ1) is 18.5. The molecule has 0 atom stereocenters. The molecule has 0 radical (unpaired) electrons. The molecule has 0 bridgehead atoms. The monoisotopic (exact) mass is 384 g/mol. The maximum atomic E-state index is 12.7. The van der Waals surface area contributed by atoms with E-state index in [1.165, 1.54) is 5.56 Å². The van der Waals surface area contributed by atoms with Crippen LogP contribution in [0, 0.1) is 6.92 Å². The SMILES string of the molecule is Cc1ccc(-c2cc(CNC(=O)c3ccccc3Oc3ccccc3)no2)cc1. The lowest BCUT2D eigenvalue weighted by atomic mass is 10.1. The molecule has 1 N–H and O–H groups in total. The summed E-state index contributed by atoms with van der Waals surface area (Å²) in [5, 5.41) is 6.92. The maximum absolute atomic E-state index is 12.7. The molecule has 4 aromatic rings. The van der Waals surface area contributed by atoms with Crippen molar-refractivity contribution in [3.63, 3.8) is 0 Å². The zero-order valence-corrected chi connectivity index (χ0v) is 16.0. The highest BCUT2D eigenvalue weighted by Gasteiger charge is 2.14. The summed E-state index contributed by atoms with van der Waals surface area (Å²) >= 11 is 0. The van der Waals surface area contributed by atoms with Crippen LogP contribution in [0.5, 0.6) is 11.5 Å². The Hall–Kier alpha value is -3.86. The molecule has 0 unspecified atom stereocenters. The molecule has 0 aliphatic heterocycles. The van der Waals surface area contributed by atoms with Gasteiger partial charge in [-0.25, -0.2) is 0 Å². The van der Waals surface area contributed by atoms with Gasteiger partial charge in [0.15, 0.2) is 5.76 Å². The minimum absolute atomic E-state index is 0.239. The molecular weight excluding hydrogens is 364 g/mol.